The van der Waals surface area contributed by atoms with Crippen LogP contribution in [0.1, 0.15) is 38.0 Å². The fraction of sp³-hybridized carbons (Fsp3) is 0.538. The van der Waals surface area contributed by atoms with Gasteiger partial charge in [0.2, 0.25) is 0 Å². The zero-order valence-corrected chi connectivity index (χ0v) is 10.2. The molecule has 2 heteroatoms. The quantitative estimate of drug-likeness (QED) is 0.659. The van der Waals surface area contributed by atoms with E-state index in [2.05, 4.69) is 45.0 Å². The summed E-state index contributed by atoms with van der Waals surface area (Å²) in [6.45, 7) is 6.80. The van der Waals surface area contributed by atoms with Crippen molar-refractivity contribution < 1.29 is 4.74 Å². The monoisotopic (exact) mass is 220 g/mol. The lowest BCUT2D eigenvalue weighted by molar-refractivity contribution is -0.0678. The Morgan fingerprint density at radius 3 is 2.80 bits per heavy atom. The Labute approximate surface area is 95.2 Å². The molecule has 0 N–H and O–H groups in total. The Balaban J connectivity index is 2.20. The van der Waals surface area contributed by atoms with Crippen molar-refractivity contribution >= 4 is 11.8 Å². The maximum absolute atomic E-state index is 6.23. The van der Waals surface area contributed by atoms with E-state index in [0.717, 1.165) is 0 Å². The highest BCUT2D eigenvalue weighted by Crippen LogP contribution is 2.61. The fourth-order valence-corrected chi connectivity index (χ4v) is 3.89. The van der Waals surface area contributed by atoms with Gasteiger partial charge in [-0.2, -0.15) is 0 Å². The van der Waals surface area contributed by atoms with Crippen molar-refractivity contribution in [3.05, 3.63) is 35.4 Å². The van der Waals surface area contributed by atoms with Gasteiger partial charge in [-0.3, -0.25) is 0 Å². The third-order valence-corrected chi connectivity index (χ3v) is 5.26. The summed E-state index contributed by atoms with van der Waals surface area (Å²) in [5.74, 6) is 1.17. The van der Waals surface area contributed by atoms with Gasteiger partial charge in [0.25, 0.3) is 0 Å². The molecule has 0 unspecified atom stereocenters. The van der Waals surface area contributed by atoms with Crippen LogP contribution in [0.4, 0.5) is 0 Å². The second kappa shape index (κ2) is 2.80. The largest absolute Gasteiger partial charge is 0.352 e. The molecular weight excluding hydrogens is 204 g/mol. The third kappa shape index (κ3) is 1.21. The van der Waals surface area contributed by atoms with E-state index < -0.39 is 0 Å². The molecule has 0 aromatic heterocycles. The number of thioether (sulfide) groups is 1. The Hall–Kier alpha value is -0.470. The predicted molar refractivity (Wildman–Crippen MR) is 63.9 cm³/mol. The van der Waals surface area contributed by atoms with Crippen molar-refractivity contribution in [2.75, 3.05) is 5.75 Å². The third-order valence-electron chi connectivity index (χ3n) is 3.50. The van der Waals surface area contributed by atoms with E-state index in [1.165, 1.54) is 16.9 Å². The SMILES string of the molecule is CC1(C)CS[C@@]2(C)O[C@@H]1c1ccccc12. The second-order valence-electron chi connectivity index (χ2n) is 5.31. The summed E-state index contributed by atoms with van der Waals surface area (Å²) in [6, 6.07) is 8.66. The number of benzene rings is 1. The van der Waals surface area contributed by atoms with Crippen molar-refractivity contribution in [1.29, 1.82) is 0 Å². The van der Waals surface area contributed by atoms with Gasteiger partial charge in [-0.05, 0) is 18.1 Å². The van der Waals surface area contributed by atoms with Crippen molar-refractivity contribution in [3.63, 3.8) is 0 Å². The zero-order valence-electron chi connectivity index (χ0n) is 9.41. The van der Waals surface area contributed by atoms with Gasteiger partial charge in [0.05, 0.1) is 6.10 Å². The summed E-state index contributed by atoms with van der Waals surface area (Å²) < 4.78 is 6.23. The first kappa shape index (κ1) is 9.73. The number of fused-ring (bicyclic) bond motifs is 5. The normalized spacial score (nSPS) is 36.3. The minimum Gasteiger partial charge on any atom is -0.352 e. The molecule has 1 saturated heterocycles. The second-order valence-corrected chi connectivity index (χ2v) is 6.66. The molecule has 1 nitrogen and oxygen atoms in total. The molecule has 0 radical (unpaired) electrons. The highest BCUT2D eigenvalue weighted by molar-refractivity contribution is 8.00. The van der Waals surface area contributed by atoms with Crippen LogP contribution in [0, 0.1) is 5.41 Å². The number of hydrogen-bond acceptors (Lipinski definition) is 2. The Morgan fingerprint density at radius 1 is 1.27 bits per heavy atom. The molecule has 80 valence electrons. The van der Waals surface area contributed by atoms with Gasteiger partial charge in [-0.1, -0.05) is 38.1 Å². The standard InChI is InChI=1S/C13H16OS/c1-12(2)8-15-13(3)10-7-5-4-6-9(10)11(12)14-13/h4-7,11H,8H2,1-3H3/t11-,13-/m1/s1. The average Bonchev–Trinajstić information content (AvgIpc) is 2.48. The van der Waals surface area contributed by atoms with Gasteiger partial charge in [0.1, 0.15) is 4.93 Å². The van der Waals surface area contributed by atoms with Crippen LogP contribution in [0.15, 0.2) is 24.3 Å². The van der Waals surface area contributed by atoms with Crippen LogP contribution in [-0.2, 0) is 9.67 Å². The lowest BCUT2D eigenvalue weighted by Gasteiger charge is -2.40. The lowest BCUT2D eigenvalue weighted by Crippen LogP contribution is -2.33. The predicted octanol–water partition coefficient (Wildman–Crippen LogP) is 3.70. The van der Waals surface area contributed by atoms with Crippen LogP contribution >= 0.6 is 11.8 Å². The highest BCUT2D eigenvalue weighted by atomic mass is 32.2. The minimum absolute atomic E-state index is 0.100. The molecule has 1 aromatic rings. The van der Waals surface area contributed by atoms with Gasteiger partial charge in [-0.15, -0.1) is 11.8 Å². The first-order valence-corrected chi connectivity index (χ1v) is 6.43. The fourth-order valence-electron chi connectivity index (χ4n) is 2.58. The number of ether oxygens (including phenoxy) is 1. The summed E-state index contributed by atoms with van der Waals surface area (Å²) in [7, 11) is 0. The molecule has 2 heterocycles. The molecule has 2 aliphatic rings. The molecule has 0 amide bonds. The molecule has 2 bridgehead atoms. The van der Waals surface area contributed by atoms with Crippen molar-refractivity contribution in [3.8, 4) is 0 Å². The van der Waals surface area contributed by atoms with Crippen LogP contribution in [0.3, 0.4) is 0 Å². The molecule has 15 heavy (non-hydrogen) atoms. The summed E-state index contributed by atoms with van der Waals surface area (Å²) in [6.07, 6.45) is 0.278. The summed E-state index contributed by atoms with van der Waals surface area (Å²) in [4.78, 5) is -0.100. The minimum atomic E-state index is -0.100. The Morgan fingerprint density at radius 2 is 2.00 bits per heavy atom. The van der Waals surface area contributed by atoms with Crippen LogP contribution in [0.5, 0.6) is 0 Å². The van der Waals surface area contributed by atoms with E-state index in [9.17, 15) is 0 Å². The van der Waals surface area contributed by atoms with Crippen molar-refractivity contribution in [2.45, 2.75) is 31.8 Å². The molecule has 3 rings (SSSR count). The summed E-state index contributed by atoms with van der Waals surface area (Å²) in [5, 5.41) is 0. The lowest BCUT2D eigenvalue weighted by atomic mass is 9.84. The summed E-state index contributed by atoms with van der Waals surface area (Å²) >= 11 is 1.93. The van der Waals surface area contributed by atoms with Crippen molar-refractivity contribution in [2.24, 2.45) is 5.41 Å². The van der Waals surface area contributed by atoms with E-state index in [1.54, 1.807) is 0 Å². The van der Waals surface area contributed by atoms with Crippen LogP contribution in [-0.4, -0.2) is 5.75 Å². The first-order chi connectivity index (χ1) is 7.03. The topological polar surface area (TPSA) is 9.23 Å². The van der Waals surface area contributed by atoms with Gasteiger partial charge in [0.15, 0.2) is 0 Å². The van der Waals surface area contributed by atoms with E-state index in [4.69, 9.17) is 4.74 Å². The molecule has 0 aliphatic carbocycles. The maximum atomic E-state index is 6.23. The van der Waals surface area contributed by atoms with Gasteiger partial charge in [-0.25, -0.2) is 0 Å². The number of rotatable bonds is 0. The maximum Gasteiger partial charge on any atom is 0.137 e. The first-order valence-electron chi connectivity index (χ1n) is 5.44. The Kier molecular flexibility index (Phi) is 1.82. The van der Waals surface area contributed by atoms with E-state index in [0.29, 0.717) is 0 Å². The van der Waals surface area contributed by atoms with E-state index >= 15 is 0 Å². The van der Waals surface area contributed by atoms with Crippen LogP contribution < -0.4 is 0 Å². The number of hydrogen-bond donors (Lipinski definition) is 0. The van der Waals surface area contributed by atoms with E-state index in [-0.39, 0.29) is 16.5 Å². The molecule has 1 fully saturated rings. The smallest absolute Gasteiger partial charge is 0.137 e. The van der Waals surface area contributed by atoms with E-state index in [1.807, 2.05) is 11.8 Å². The average molecular weight is 220 g/mol. The molecular formula is C13H16OS. The summed E-state index contributed by atoms with van der Waals surface area (Å²) in [5.41, 5.74) is 3.03. The molecule has 0 spiro atoms. The molecule has 0 saturated carbocycles. The van der Waals surface area contributed by atoms with Gasteiger partial charge >= 0.3 is 0 Å². The van der Waals surface area contributed by atoms with Crippen LogP contribution in [0.2, 0.25) is 0 Å². The molecule has 2 aliphatic heterocycles. The molecule has 2 atom stereocenters. The van der Waals surface area contributed by atoms with Gasteiger partial charge < -0.3 is 4.74 Å². The van der Waals surface area contributed by atoms with Crippen molar-refractivity contribution in [1.82, 2.24) is 0 Å². The zero-order chi connectivity index (χ0) is 10.7. The molecule has 1 aromatic carbocycles. The Bertz CT molecular complexity index is 413. The van der Waals surface area contributed by atoms with Crippen LogP contribution in [0.25, 0.3) is 0 Å². The van der Waals surface area contributed by atoms with Gasteiger partial charge in [0, 0.05) is 11.2 Å². The highest BCUT2D eigenvalue weighted by Gasteiger charge is 2.52.